The van der Waals surface area contributed by atoms with Crippen LogP contribution in [0.1, 0.15) is 40.8 Å². The zero-order valence-corrected chi connectivity index (χ0v) is 11.8. The van der Waals surface area contributed by atoms with Crippen molar-refractivity contribution in [3.8, 4) is 0 Å². The highest BCUT2D eigenvalue weighted by Gasteiger charge is 2.23. The molecule has 2 aromatic rings. The summed E-state index contributed by atoms with van der Waals surface area (Å²) in [7, 11) is 0. The van der Waals surface area contributed by atoms with Crippen molar-refractivity contribution < 1.29 is 0 Å². The third kappa shape index (κ3) is 2.05. The lowest BCUT2D eigenvalue weighted by Crippen LogP contribution is -2.02. The van der Waals surface area contributed by atoms with Crippen LogP contribution in [-0.2, 0) is 19.3 Å². The first-order chi connectivity index (χ1) is 8.80. The van der Waals surface area contributed by atoms with E-state index in [1.54, 1.807) is 0 Å². The molecule has 0 fully saturated rings. The van der Waals surface area contributed by atoms with Gasteiger partial charge in [0.15, 0.2) is 0 Å². The molecule has 1 atom stereocenters. The molecule has 1 aliphatic rings. The van der Waals surface area contributed by atoms with E-state index in [9.17, 15) is 0 Å². The van der Waals surface area contributed by atoms with Gasteiger partial charge < -0.3 is 5.32 Å². The van der Waals surface area contributed by atoms with Crippen LogP contribution in [0, 0.1) is 0 Å². The predicted molar refractivity (Wildman–Crippen MR) is 79.6 cm³/mol. The summed E-state index contributed by atoms with van der Waals surface area (Å²) < 4.78 is 0. The molecule has 0 bridgehead atoms. The van der Waals surface area contributed by atoms with E-state index >= 15 is 0 Å². The van der Waals surface area contributed by atoms with Gasteiger partial charge in [-0.2, -0.15) is 0 Å². The van der Waals surface area contributed by atoms with Gasteiger partial charge in [-0.05, 0) is 48.6 Å². The Morgan fingerprint density at radius 3 is 2.78 bits per heavy atom. The lowest BCUT2D eigenvalue weighted by atomic mass is 10.0. The Hall–Kier alpha value is -1.28. The van der Waals surface area contributed by atoms with Crippen LogP contribution in [0.25, 0.3) is 0 Å². The van der Waals surface area contributed by atoms with Gasteiger partial charge >= 0.3 is 0 Å². The number of hydrogen-bond acceptors (Lipinski definition) is 2. The van der Waals surface area contributed by atoms with Crippen molar-refractivity contribution in [2.45, 2.75) is 39.2 Å². The topological polar surface area (TPSA) is 12.0 Å². The molecule has 0 aliphatic carbocycles. The van der Waals surface area contributed by atoms with Gasteiger partial charge in [-0.15, -0.1) is 11.3 Å². The number of nitrogens with one attached hydrogen (secondary N) is 1. The summed E-state index contributed by atoms with van der Waals surface area (Å²) in [5.74, 6) is 0. The smallest absolute Gasteiger partial charge is 0.0647 e. The number of aryl methyl sites for hydroxylation is 2. The molecule has 1 nitrogen and oxygen atoms in total. The van der Waals surface area contributed by atoms with Gasteiger partial charge in [0.2, 0.25) is 0 Å². The van der Waals surface area contributed by atoms with E-state index in [2.05, 4.69) is 49.5 Å². The SMILES string of the molecule is CCc1ccc2c(c1)CC(c1ccc(CC)s1)N2. The number of fused-ring (bicyclic) bond motifs is 1. The molecule has 18 heavy (non-hydrogen) atoms. The monoisotopic (exact) mass is 257 g/mol. The summed E-state index contributed by atoms with van der Waals surface area (Å²) in [5.41, 5.74) is 4.24. The molecular formula is C16H19NS. The van der Waals surface area contributed by atoms with E-state index in [-0.39, 0.29) is 0 Å². The average Bonchev–Trinajstić information content (AvgIpc) is 3.03. The van der Waals surface area contributed by atoms with Crippen molar-refractivity contribution in [3.05, 3.63) is 51.2 Å². The van der Waals surface area contributed by atoms with Crippen molar-refractivity contribution in [2.24, 2.45) is 0 Å². The van der Waals surface area contributed by atoms with Crippen LogP contribution in [0.15, 0.2) is 30.3 Å². The molecular weight excluding hydrogens is 238 g/mol. The molecule has 1 aliphatic heterocycles. The molecule has 94 valence electrons. The fourth-order valence-electron chi connectivity index (χ4n) is 2.58. The maximum absolute atomic E-state index is 3.65. The van der Waals surface area contributed by atoms with Gasteiger partial charge in [0, 0.05) is 15.4 Å². The first kappa shape index (κ1) is 11.8. The van der Waals surface area contributed by atoms with Gasteiger partial charge in [0.05, 0.1) is 6.04 Å². The molecule has 0 spiro atoms. The predicted octanol–water partition coefficient (Wildman–Crippen LogP) is 4.58. The number of rotatable bonds is 3. The van der Waals surface area contributed by atoms with Gasteiger partial charge in [0.1, 0.15) is 0 Å². The first-order valence-corrected chi connectivity index (χ1v) is 7.58. The quantitative estimate of drug-likeness (QED) is 0.848. The van der Waals surface area contributed by atoms with Crippen molar-refractivity contribution >= 4 is 17.0 Å². The van der Waals surface area contributed by atoms with Crippen molar-refractivity contribution in [2.75, 3.05) is 5.32 Å². The summed E-state index contributed by atoms with van der Waals surface area (Å²) >= 11 is 1.95. The van der Waals surface area contributed by atoms with Crippen LogP contribution in [0.4, 0.5) is 5.69 Å². The third-order valence-corrected chi connectivity index (χ3v) is 5.05. The average molecular weight is 257 g/mol. The highest BCUT2D eigenvalue weighted by atomic mass is 32.1. The minimum Gasteiger partial charge on any atom is -0.377 e. The molecule has 1 aromatic heterocycles. The second-order valence-electron chi connectivity index (χ2n) is 4.90. The number of benzene rings is 1. The van der Waals surface area contributed by atoms with E-state index in [4.69, 9.17) is 0 Å². The van der Waals surface area contributed by atoms with Gasteiger partial charge in [0.25, 0.3) is 0 Å². The Morgan fingerprint density at radius 2 is 2.06 bits per heavy atom. The fraction of sp³-hybridized carbons (Fsp3) is 0.375. The van der Waals surface area contributed by atoms with Crippen LogP contribution in [-0.4, -0.2) is 0 Å². The standard InChI is InChI=1S/C16H19NS/c1-3-11-5-7-14-12(9-11)10-15(17-14)16-8-6-13(4-2)18-16/h5-9,15,17H,3-4,10H2,1-2H3. The summed E-state index contributed by atoms with van der Waals surface area (Å²) in [6.45, 7) is 4.44. The Morgan fingerprint density at radius 1 is 1.17 bits per heavy atom. The molecule has 3 rings (SSSR count). The summed E-state index contributed by atoms with van der Waals surface area (Å²) in [6.07, 6.45) is 3.40. The lowest BCUT2D eigenvalue weighted by Gasteiger charge is -2.08. The molecule has 2 heterocycles. The Labute approximate surface area is 113 Å². The fourth-order valence-corrected chi connectivity index (χ4v) is 3.58. The van der Waals surface area contributed by atoms with Gasteiger partial charge in [-0.1, -0.05) is 26.0 Å². The molecule has 2 heteroatoms. The first-order valence-electron chi connectivity index (χ1n) is 6.77. The van der Waals surface area contributed by atoms with Crippen molar-refractivity contribution in [1.82, 2.24) is 0 Å². The summed E-state index contributed by atoms with van der Waals surface area (Å²) in [4.78, 5) is 2.96. The molecule has 0 radical (unpaired) electrons. The van der Waals surface area contributed by atoms with Crippen LogP contribution in [0.3, 0.4) is 0 Å². The lowest BCUT2D eigenvalue weighted by molar-refractivity contribution is 0.842. The second-order valence-corrected chi connectivity index (χ2v) is 6.10. The highest BCUT2D eigenvalue weighted by molar-refractivity contribution is 7.12. The van der Waals surface area contributed by atoms with Crippen LogP contribution >= 0.6 is 11.3 Å². The Kier molecular flexibility index (Phi) is 3.13. The molecule has 1 unspecified atom stereocenters. The van der Waals surface area contributed by atoms with E-state index in [0.29, 0.717) is 6.04 Å². The normalized spacial score (nSPS) is 17.6. The van der Waals surface area contributed by atoms with Crippen molar-refractivity contribution in [1.29, 1.82) is 0 Å². The number of anilines is 1. The van der Waals surface area contributed by atoms with E-state index in [0.717, 1.165) is 19.3 Å². The molecule has 0 amide bonds. The maximum atomic E-state index is 3.65. The zero-order chi connectivity index (χ0) is 12.5. The third-order valence-electron chi connectivity index (χ3n) is 3.71. The number of thiophene rings is 1. The van der Waals surface area contributed by atoms with Crippen LogP contribution in [0.5, 0.6) is 0 Å². The van der Waals surface area contributed by atoms with Gasteiger partial charge in [-0.3, -0.25) is 0 Å². The van der Waals surface area contributed by atoms with Gasteiger partial charge in [-0.25, -0.2) is 0 Å². The van der Waals surface area contributed by atoms with E-state index < -0.39 is 0 Å². The Bertz CT molecular complexity index is 556. The van der Waals surface area contributed by atoms with Crippen LogP contribution < -0.4 is 5.32 Å². The summed E-state index contributed by atoms with van der Waals surface area (Å²) in [5, 5.41) is 3.65. The molecule has 1 N–H and O–H groups in total. The van der Waals surface area contributed by atoms with E-state index in [1.807, 2.05) is 11.3 Å². The minimum atomic E-state index is 0.484. The number of hydrogen-bond donors (Lipinski definition) is 1. The summed E-state index contributed by atoms with van der Waals surface area (Å²) in [6, 6.07) is 11.9. The second kappa shape index (κ2) is 4.77. The van der Waals surface area contributed by atoms with E-state index in [1.165, 1.54) is 26.6 Å². The zero-order valence-electron chi connectivity index (χ0n) is 11.0. The highest BCUT2D eigenvalue weighted by Crippen LogP contribution is 2.37. The Balaban J connectivity index is 1.83. The minimum absolute atomic E-state index is 0.484. The molecule has 0 saturated heterocycles. The maximum Gasteiger partial charge on any atom is 0.0647 e. The van der Waals surface area contributed by atoms with Crippen molar-refractivity contribution in [3.63, 3.8) is 0 Å². The largest absolute Gasteiger partial charge is 0.377 e. The molecule has 0 saturated carbocycles. The molecule has 1 aromatic carbocycles. The van der Waals surface area contributed by atoms with Crippen LogP contribution in [0.2, 0.25) is 0 Å².